The molecule has 44 heavy (non-hydrogen) atoms. The first-order chi connectivity index (χ1) is 20.5. The number of hydrogen-bond acceptors (Lipinski definition) is 6. The van der Waals surface area contributed by atoms with Crippen molar-refractivity contribution < 1.29 is 24.6 Å². The molecule has 8 nitrogen and oxygen atoms in total. The molecule has 6 rings (SSSR count). The Bertz CT molecular complexity index is 1230. The molecule has 0 spiro atoms. The fourth-order valence-corrected chi connectivity index (χ4v) is 12.0. The number of β-lactam (4-membered cyclic amide) rings is 1. The maximum atomic E-state index is 13.0. The SMILES string of the molecule is C.C#CCNC(=O)C1=C(C)CSC2C(NC(=O)CCCC3CCC4C5C(O)C(O)C6CCCCC6(C)C5CCC34C)C(=O)N12. The van der Waals surface area contributed by atoms with Crippen molar-refractivity contribution >= 4 is 29.5 Å². The van der Waals surface area contributed by atoms with Crippen molar-refractivity contribution in [3.63, 3.8) is 0 Å². The zero-order valence-corrected chi connectivity index (χ0v) is 26.8. The molecule has 6 aliphatic rings. The van der Waals surface area contributed by atoms with E-state index in [1.54, 1.807) is 11.8 Å². The second-order valence-corrected chi connectivity index (χ2v) is 15.9. The summed E-state index contributed by atoms with van der Waals surface area (Å²) in [7, 11) is 0. The average molecular weight is 628 g/mol. The zero-order chi connectivity index (χ0) is 30.7. The summed E-state index contributed by atoms with van der Waals surface area (Å²) < 4.78 is 0. The highest BCUT2D eigenvalue weighted by atomic mass is 32.2. The van der Waals surface area contributed by atoms with Gasteiger partial charge in [0.05, 0.1) is 18.8 Å². The van der Waals surface area contributed by atoms with Gasteiger partial charge in [-0.1, -0.05) is 40.0 Å². The molecule has 5 fully saturated rings. The molecule has 0 aromatic heterocycles. The third-order valence-electron chi connectivity index (χ3n) is 12.9. The number of aliphatic hydroxyl groups excluding tert-OH is 2. The third-order valence-corrected chi connectivity index (χ3v) is 14.3. The van der Waals surface area contributed by atoms with E-state index in [1.165, 1.54) is 17.7 Å². The quantitative estimate of drug-likeness (QED) is 0.248. The van der Waals surface area contributed by atoms with Gasteiger partial charge in [-0.15, -0.1) is 18.2 Å². The van der Waals surface area contributed by atoms with Gasteiger partial charge in [-0.3, -0.25) is 19.3 Å². The molecule has 1 saturated heterocycles. The Kier molecular flexibility index (Phi) is 9.58. The van der Waals surface area contributed by atoms with Crippen LogP contribution in [0.2, 0.25) is 0 Å². The summed E-state index contributed by atoms with van der Waals surface area (Å²) in [5.74, 6) is 4.08. The molecule has 4 aliphatic carbocycles. The van der Waals surface area contributed by atoms with Crippen molar-refractivity contribution in [2.75, 3.05) is 12.3 Å². The second kappa shape index (κ2) is 12.6. The van der Waals surface area contributed by atoms with Crippen LogP contribution in [0.4, 0.5) is 0 Å². The Hall–Kier alpha value is -2.02. The fourth-order valence-electron chi connectivity index (χ4n) is 10.7. The van der Waals surface area contributed by atoms with Gasteiger partial charge in [-0.05, 0) is 104 Å². The van der Waals surface area contributed by atoms with E-state index in [4.69, 9.17) is 6.42 Å². The molecule has 244 valence electrons. The maximum absolute atomic E-state index is 13.0. The Labute approximate surface area is 267 Å². The number of thioether (sulfide) groups is 1. The summed E-state index contributed by atoms with van der Waals surface area (Å²) in [5.41, 5.74) is 1.44. The Balaban J connectivity index is 0.00000384. The molecule has 0 radical (unpaired) electrons. The highest BCUT2D eigenvalue weighted by molar-refractivity contribution is 8.00. The lowest BCUT2D eigenvalue weighted by molar-refractivity contribution is -0.214. The largest absolute Gasteiger partial charge is 0.390 e. The van der Waals surface area contributed by atoms with Crippen molar-refractivity contribution in [1.29, 1.82) is 0 Å². The number of fused-ring (bicyclic) bond motifs is 6. The average Bonchev–Trinajstić information content (AvgIpc) is 3.32. The third kappa shape index (κ3) is 5.21. The number of carbonyl (C=O) groups is 3. The molecule has 11 atom stereocenters. The van der Waals surface area contributed by atoms with E-state index < -0.39 is 18.2 Å². The van der Waals surface area contributed by atoms with E-state index in [0.717, 1.165) is 56.9 Å². The maximum Gasteiger partial charge on any atom is 0.268 e. The fraction of sp³-hybridized carbons (Fsp3) is 0.800. The number of carbonyl (C=O) groups excluding carboxylic acids is 3. The normalized spacial score (nSPS) is 42.4. The van der Waals surface area contributed by atoms with Crippen molar-refractivity contribution in [3.8, 4) is 12.3 Å². The highest BCUT2D eigenvalue weighted by Gasteiger charge is 2.64. The molecule has 4 N–H and O–H groups in total. The molecule has 9 heteroatoms. The van der Waals surface area contributed by atoms with E-state index in [2.05, 4.69) is 30.4 Å². The van der Waals surface area contributed by atoms with Crippen molar-refractivity contribution in [2.45, 2.75) is 122 Å². The molecule has 4 saturated carbocycles. The Morgan fingerprint density at radius 3 is 2.55 bits per heavy atom. The van der Waals surface area contributed by atoms with Crippen LogP contribution in [0.1, 0.15) is 98.8 Å². The molecular weight excluding hydrogens is 574 g/mol. The summed E-state index contributed by atoms with van der Waals surface area (Å²) in [5, 5.41) is 28.1. The van der Waals surface area contributed by atoms with Gasteiger partial charge in [0.2, 0.25) is 5.91 Å². The van der Waals surface area contributed by atoms with Gasteiger partial charge in [0.25, 0.3) is 11.8 Å². The van der Waals surface area contributed by atoms with Gasteiger partial charge in [0, 0.05) is 12.2 Å². The molecular formula is C35H53N3O5S. The van der Waals surface area contributed by atoms with E-state index in [-0.39, 0.29) is 59.7 Å². The molecule has 0 aromatic carbocycles. The number of nitrogens with one attached hydrogen (secondary N) is 2. The van der Waals surface area contributed by atoms with Crippen LogP contribution in [-0.4, -0.2) is 68.8 Å². The number of nitrogens with zero attached hydrogens (tertiary/aromatic N) is 1. The van der Waals surface area contributed by atoms with Gasteiger partial charge in [-0.2, -0.15) is 0 Å². The number of terminal acetylenes is 1. The summed E-state index contributed by atoms with van der Waals surface area (Å²) in [4.78, 5) is 40.2. The first kappa shape index (κ1) is 33.3. The van der Waals surface area contributed by atoms with Gasteiger partial charge in [-0.25, -0.2) is 0 Å². The first-order valence-corrected chi connectivity index (χ1v) is 17.6. The summed E-state index contributed by atoms with van der Waals surface area (Å²) in [6.45, 7) is 6.76. The number of rotatable bonds is 7. The van der Waals surface area contributed by atoms with Crippen LogP contribution in [0.25, 0.3) is 0 Å². The molecule has 2 heterocycles. The lowest BCUT2D eigenvalue weighted by Crippen LogP contribution is -2.70. The first-order valence-electron chi connectivity index (χ1n) is 16.5. The van der Waals surface area contributed by atoms with Crippen LogP contribution in [-0.2, 0) is 14.4 Å². The van der Waals surface area contributed by atoms with Crippen LogP contribution in [0, 0.1) is 52.8 Å². The van der Waals surface area contributed by atoms with Crippen LogP contribution < -0.4 is 10.6 Å². The van der Waals surface area contributed by atoms with Gasteiger partial charge >= 0.3 is 0 Å². The minimum Gasteiger partial charge on any atom is -0.390 e. The van der Waals surface area contributed by atoms with Crippen LogP contribution in [0.5, 0.6) is 0 Å². The topological polar surface area (TPSA) is 119 Å². The minimum absolute atomic E-state index is 0. The van der Waals surface area contributed by atoms with Crippen molar-refractivity contribution in [1.82, 2.24) is 15.5 Å². The van der Waals surface area contributed by atoms with Gasteiger partial charge in [0.15, 0.2) is 0 Å². The second-order valence-electron chi connectivity index (χ2n) is 14.8. The smallest absolute Gasteiger partial charge is 0.268 e. The summed E-state index contributed by atoms with van der Waals surface area (Å²) >= 11 is 1.57. The Morgan fingerprint density at radius 2 is 1.80 bits per heavy atom. The van der Waals surface area contributed by atoms with E-state index in [0.29, 0.717) is 35.6 Å². The van der Waals surface area contributed by atoms with Crippen molar-refractivity contribution in [2.24, 2.45) is 40.4 Å². The monoisotopic (exact) mass is 627 g/mol. The number of hydrogen-bond donors (Lipinski definition) is 4. The minimum atomic E-state index is -0.630. The highest BCUT2D eigenvalue weighted by Crippen LogP contribution is 2.68. The lowest BCUT2D eigenvalue weighted by atomic mass is 9.43. The predicted octanol–water partition coefficient (Wildman–Crippen LogP) is 4.21. The molecule has 11 unspecified atom stereocenters. The van der Waals surface area contributed by atoms with E-state index >= 15 is 0 Å². The predicted molar refractivity (Wildman–Crippen MR) is 173 cm³/mol. The number of aliphatic hydroxyl groups is 2. The molecule has 2 aliphatic heterocycles. The summed E-state index contributed by atoms with van der Waals surface area (Å²) in [6.07, 6.45) is 15.2. The Morgan fingerprint density at radius 1 is 1.05 bits per heavy atom. The molecule has 0 aromatic rings. The van der Waals surface area contributed by atoms with Gasteiger partial charge in [0.1, 0.15) is 17.1 Å². The van der Waals surface area contributed by atoms with E-state index in [9.17, 15) is 24.6 Å². The number of amides is 3. The molecule has 3 amide bonds. The van der Waals surface area contributed by atoms with Crippen LogP contribution in [0.3, 0.4) is 0 Å². The van der Waals surface area contributed by atoms with Crippen LogP contribution in [0.15, 0.2) is 11.3 Å². The van der Waals surface area contributed by atoms with Gasteiger partial charge < -0.3 is 20.8 Å². The zero-order valence-electron chi connectivity index (χ0n) is 25.9. The summed E-state index contributed by atoms with van der Waals surface area (Å²) in [6, 6.07) is -0.617. The molecule has 0 bridgehead atoms. The van der Waals surface area contributed by atoms with Crippen molar-refractivity contribution in [3.05, 3.63) is 11.3 Å². The van der Waals surface area contributed by atoms with Crippen LogP contribution >= 0.6 is 11.8 Å². The standard InChI is InChI=1S/C34H49N3O5S.CH4/c1-5-17-35-30(41)27-19(2)18-43-32-26(31(42)37(27)32)36-24(38)11-8-9-20-12-13-21-25-22(14-16-33(20,21)3)34(4)15-7-6-10-23(34)28(39)29(25)40;/h1,20-23,25-26,28-29,32,39-40H,6-18H2,2-4H3,(H,35,41)(H,36,38);1H4. The van der Waals surface area contributed by atoms with E-state index in [1.807, 2.05) is 6.92 Å². The lowest BCUT2D eigenvalue weighted by Gasteiger charge is -2.63.